The standard InChI is InChI=1S/C9H10N2S/c1-2-3-7-6-12-9-5-11-10-4-8(7)9/h4-6H,2-3H2,1H3. The van der Waals surface area contributed by atoms with Gasteiger partial charge in [-0.25, -0.2) is 0 Å². The lowest BCUT2D eigenvalue weighted by molar-refractivity contribution is 0.931. The van der Waals surface area contributed by atoms with Crippen LogP contribution in [0.1, 0.15) is 18.9 Å². The van der Waals surface area contributed by atoms with E-state index in [4.69, 9.17) is 0 Å². The Morgan fingerprint density at radius 3 is 3.00 bits per heavy atom. The Labute approximate surface area is 75.3 Å². The lowest BCUT2D eigenvalue weighted by atomic mass is 10.1. The van der Waals surface area contributed by atoms with Crippen molar-refractivity contribution in [1.29, 1.82) is 0 Å². The normalized spacial score (nSPS) is 10.8. The van der Waals surface area contributed by atoms with Crippen LogP contribution in [0, 0.1) is 0 Å². The Bertz CT molecular complexity index is 381. The molecule has 0 bridgehead atoms. The van der Waals surface area contributed by atoms with Gasteiger partial charge in [-0.3, -0.25) is 0 Å². The van der Waals surface area contributed by atoms with E-state index < -0.39 is 0 Å². The topological polar surface area (TPSA) is 25.8 Å². The zero-order chi connectivity index (χ0) is 8.39. The minimum Gasteiger partial charge on any atom is -0.158 e. The van der Waals surface area contributed by atoms with Gasteiger partial charge in [-0.05, 0) is 17.4 Å². The van der Waals surface area contributed by atoms with Crippen molar-refractivity contribution < 1.29 is 0 Å². The molecule has 0 amide bonds. The molecule has 2 aromatic heterocycles. The summed E-state index contributed by atoms with van der Waals surface area (Å²) in [5.74, 6) is 0. The lowest BCUT2D eigenvalue weighted by Gasteiger charge is -1.92. The predicted octanol–water partition coefficient (Wildman–Crippen LogP) is 2.64. The molecule has 12 heavy (non-hydrogen) atoms. The molecule has 2 nitrogen and oxygen atoms in total. The van der Waals surface area contributed by atoms with Crippen LogP contribution < -0.4 is 0 Å². The van der Waals surface area contributed by atoms with Gasteiger partial charge >= 0.3 is 0 Å². The minimum absolute atomic E-state index is 1.14. The fraction of sp³-hybridized carbons (Fsp3) is 0.333. The van der Waals surface area contributed by atoms with Gasteiger partial charge in [0.2, 0.25) is 0 Å². The fourth-order valence-electron chi connectivity index (χ4n) is 1.31. The first-order valence-electron chi connectivity index (χ1n) is 4.08. The molecule has 0 saturated carbocycles. The van der Waals surface area contributed by atoms with Crippen LogP contribution in [0.2, 0.25) is 0 Å². The summed E-state index contributed by atoms with van der Waals surface area (Å²) in [4.78, 5) is 0. The third kappa shape index (κ3) is 1.20. The van der Waals surface area contributed by atoms with Crippen LogP contribution in [0.25, 0.3) is 10.1 Å². The number of aromatic nitrogens is 2. The molecule has 0 unspecified atom stereocenters. The monoisotopic (exact) mass is 178 g/mol. The SMILES string of the molecule is CCCc1csc2cnncc12. The minimum atomic E-state index is 1.14. The van der Waals surface area contributed by atoms with Crippen molar-refractivity contribution in [3.8, 4) is 0 Å². The Morgan fingerprint density at radius 2 is 2.17 bits per heavy atom. The van der Waals surface area contributed by atoms with E-state index in [0.717, 1.165) is 6.42 Å². The van der Waals surface area contributed by atoms with Crippen molar-refractivity contribution in [2.75, 3.05) is 0 Å². The molecule has 0 aliphatic carbocycles. The van der Waals surface area contributed by atoms with Gasteiger partial charge in [-0.2, -0.15) is 10.2 Å². The van der Waals surface area contributed by atoms with E-state index in [-0.39, 0.29) is 0 Å². The molecule has 2 heterocycles. The number of hydrogen-bond donors (Lipinski definition) is 0. The van der Waals surface area contributed by atoms with Crippen LogP contribution in [0.5, 0.6) is 0 Å². The largest absolute Gasteiger partial charge is 0.158 e. The molecular weight excluding hydrogens is 168 g/mol. The van der Waals surface area contributed by atoms with Crippen LogP contribution in [0.3, 0.4) is 0 Å². The van der Waals surface area contributed by atoms with E-state index in [2.05, 4.69) is 22.5 Å². The number of nitrogens with zero attached hydrogens (tertiary/aromatic N) is 2. The lowest BCUT2D eigenvalue weighted by Crippen LogP contribution is -1.81. The predicted molar refractivity (Wildman–Crippen MR) is 51.4 cm³/mol. The van der Waals surface area contributed by atoms with E-state index in [1.807, 2.05) is 12.4 Å². The molecule has 0 saturated heterocycles. The van der Waals surface area contributed by atoms with Gasteiger partial charge in [0.1, 0.15) is 0 Å². The molecule has 2 rings (SSSR count). The quantitative estimate of drug-likeness (QED) is 0.706. The van der Waals surface area contributed by atoms with Crippen molar-refractivity contribution >= 4 is 21.4 Å². The maximum absolute atomic E-state index is 3.88. The average Bonchev–Trinajstić information content (AvgIpc) is 2.50. The second-order valence-electron chi connectivity index (χ2n) is 2.78. The summed E-state index contributed by atoms with van der Waals surface area (Å²) in [6.45, 7) is 2.19. The zero-order valence-electron chi connectivity index (χ0n) is 6.95. The van der Waals surface area contributed by atoms with Crippen molar-refractivity contribution in [1.82, 2.24) is 10.2 Å². The highest BCUT2D eigenvalue weighted by molar-refractivity contribution is 7.17. The van der Waals surface area contributed by atoms with Gasteiger partial charge in [-0.1, -0.05) is 13.3 Å². The second kappa shape index (κ2) is 3.19. The summed E-state index contributed by atoms with van der Waals surface area (Å²) in [5, 5.41) is 11.2. The third-order valence-corrected chi connectivity index (χ3v) is 2.87. The highest BCUT2D eigenvalue weighted by Crippen LogP contribution is 2.24. The third-order valence-electron chi connectivity index (χ3n) is 1.89. The van der Waals surface area contributed by atoms with Gasteiger partial charge in [0.25, 0.3) is 0 Å². The molecule has 2 aromatic rings. The van der Waals surface area contributed by atoms with Crippen molar-refractivity contribution in [3.05, 3.63) is 23.3 Å². The van der Waals surface area contributed by atoms with Crippen LogP contribution >= 0.6 is 11.3 Å². The number of fused-ring (bicyclic) bond motifs is 1. The number of rotatable bonds is 2. The first kappa shape index (κ1) is 7.68. The smallest absolute Gasteiger partial charge is 0.0674 e. The van der Waals surface area contributed by atoms with Gasteiger partial charge in [0, 0.05) is 5.39 Å². The summed E-state index contributed by atoms with van der Waals surface area (Å²) in [6.07, 6.45) is 6.02. The Hall–Kier alpha value is -0.960. The molecule has 0 aliphatic heterocycles. The first-order valence-corrected chi connectivity index (χ1v) is 4.96. The molecule has 0 aliphatic rings. The van der Waals surface area contributed by atoms with Crippen molar-refractivity contribution in [2.45, 2.75) is 19.8 Å². The first-order chi connectivity index (χ1) is 5.92. The maximum atomic E-state index is 3.88. The molecular formula is C9H10N2S. The summed E-state index contributed by atoms with van der Waals surface area (Å²) in [6, 6.07) is 0. The van der Waals surface area contributed by atoms with Gasteiger partial charge in [0.15, 0.2) is 0 Å². The van der Waals surface area contributed by atoms with Gasteiger partial charge in [-0.15, -0.1) is 11.3 Å². The molecule has 0 aromatic carbocycles. The molecule has 3 heteroatoms. The molecule has 0 radical (unpaired) electrons. The summed E-state index contributed by atoms with van der Waals surface area (Å²) in [5.41, 5.74) is 1.41. The number of hydrogen-bond acceptors (Lipinski definition) is 3. The van der Waals surface area contributed by atoms with Gasteiger partial charge in [0.05, 0.1) is 17.1 Å². The highest BCUT2D eigenvalue weighted by Gasteiger charge is 2.01. The van der Waals surface area contributed by atoms with Gasteiger partial charge < -0.3 is 0 Å². The zero-order valence-corrected chi connectivity index (χ0v) is 7.77. The van der Waals surface area contributed by atoms with Crippen LogP contribution in [-0.2, 0) is 6.42 Å². The van der Waals surface area contributed by atoms with E-state index in [0.29, 0.717) is 0 Å². The maximum Gasteiger partial charge on any atom is 0.0674 e. The van der Waals surface area contributed by atoms with Crippen molar-refractivity contribution in [2.24, 2.45) is 0 Å². The highest BCUT2D eigenvalue weighted by atomic mass is 32.1. The van der Waals surface area contributed by atoms with Crippen LogP contribution in [0.4, 0.5) is 0 Å². The number of aryl methyl sites for hydroxylation is 1. The van der Waals surface area contributed by atoms with Crippen LogP contribution in [-0.4, -0.2) is 10.2 Å². The second-order valence-corrected chi connectivity index (χ2v) is 3.69. The molecule has 0 N–H and O–H groups in total. The summed E-state index contributed by atoms with van der Waals surface area (Å²) < 4.78 is 1.24. The Morgan fingerprint density at radius 1 is 1.33 bits per heavy atom. The van der Waals surface area contributed by atoms with Crippen molar-refractivity contribution in [3.63, 3.8) is 0 Å². The van der Waals surface area contributed by atoms with Crippen LogP contribution in [0.15, 0.2) is 17.8 Å². The fourth-order valence-corrected chi connectivity index (χ4v) is 2.24. The van der Waals surface area contributed by atoms with E-state index in [1.165, 1.54) is 22.1 Å². The number of thiophene rings is 1. The molecule has 0 spiro atoms. The molecule has 0 atom stereocenters. The summed E-state index contributed by atoms with van der Waals surface area (Å²) in [7, 11) is 0. The van der Waals surface area contributed by atoms with E-state index in [9.17, 15) is 0 Å². The summed E-state index contributed by atoms with van der Waals surface area (Å²) >= 11 is 1.75. The molecule has 0 fully saturated rings. The van der Waals surface area contributed by atoms with E-state index >= 15 is 0 Å². The Kier molecular flexibility index (Phi) is 2.04. The van der Waals surface area contributed by atoms with E-state index in [1.54, 1.807) is 11.3 Å². The molecule has 62 valence electrons. The average molecular weight is 178 g/mol. The Balaban J connectivity index is 2.55.